The Hall–Kier alpha value is -3.66. The molecular formula is C22H21F3N4O3. The Kier molecular flexibility index (Phi) is 6.64. The van der Waals surface area contributed by atoms with Gasteiger partial charge < -0.3 is 19.9 Å². The van der Waals surface area contributed by atoms with Gasteiger partial charge in [0.2, 0.25) is 0 Å². The summed E-state index contributed by atoms with van der Waals surface area (Å²) in [6.07, 6.45) is -3.56. The van der Waals surface area contributed by atoms with E-state index in [1.165, 1.54) is 35.0 Å². The standard InChI is InChI=1S/C22H21F3N4O3/c1-28(2)10-11-29-13-17(20(26)30)27-19(21(29)31)15-7-5-6-14(12-15)16-8-3-4-9-18(16)32-22(23,24)25/h3-9,12-13H,10-11H2,1-2H3,(H2,26,30). The second kappa shape index (κ2) is 9.23. The minimum Gasteiger partial charge on any atom is -0.405 e. The second-order valence-corrected chi connectivity index (χ2v) is 7.27. The second-order valence-electron chi connectivity index (χ2n) is 7.27. The number of carbonyl (C=O) groups excluding carboxylic acids is 1. The summed E-state index contributed by atoms with van der Waals surface area (Å²) in [5, 5.41) is 0. The van der Waals surface area contributed by atoms with Gasteiger partial charge in [0.1, 0.15) is 17.1 Å². The van der Waals surface area contributed by atoms with Gasteiger partial charge in [0, 0.05) is 30.4 Å². The largest absolute Gasteiger partial charge is 0.573 e. The summed E-state index contributed by atoms with van der Waals surface area (Å²) in [5.74, 6) is -1.18. The van der Waals surface area contributed by atoms with Crippen molar-refractivity contribution >= 4 is 5.91 Å². The normalized spacial score (nSPS) is 11.6. The van der Waals surface area contributed by atoms with Crippen molar-refractivity contribution in [2.45, 2.75) is 12.9 Å². The molecule has 3 rings (SSSR count). The van der Waals surface area contributed by atoms with E-state index < -0.39 is 17.8 Å². The molecule has 0 radical (unpaired) electrons. The van der Waals surface area contributed by atoms with Crippen molar-refractivity contribution < 1.29 is 22.7 Å². The lowest BCUT2D eigenvalue weighted by Gasteiger charge is -2.15. The molecule has 7 nitrogen and oxygen atoms in total. The van der Waals surface area contributed by atoms with Crippen molar-refractivity contribution in [3.63, 3.8) is 0 Å². The fourth-order valence-corrected chi connectivity index (χ4v) is 3.07. The van der Waals surface area contributed by atoms with E-state index in [0.717, 1.165) is 0 Å². The molecule has 1 aromatic heterocycles. The van der Waals surface area contributed by atoms with Gasteiger partial charge in [-0.3, -0.25) is 9.59 Å². The number of nitrogens with zero attached hydrogens (tertiary/aromatic N) is 3. The smallest absolute Gasteiger partial charge is 0.405 e. The molecule has 0 spiro atoms. The highest BCUT2D eigenvalue weighted by Gasteiger charge is 2.32. The molecule has 0 bridgehead atoms. The minimum absolute atomic E-state index is 0.0314. The van der Waals surface area contributed by atoms with Gasteiger partial charge in [-0.25, -0.2) is 4.98 Å². The highest BCUT2D eigenvalue weighted by Crippen LogP contribution is 2.34. The first-order valence-corrected chi connectivity index (χ1v) is 9.57. The first-order valence-electron chi connectivity index (χ1n) is 9.57. The lowest BCUT2D eigenvalue weighted by Crippen LogP contribution is -2.30. The van der Waals surface area contributed by atoms with Crippen molar-refractivity contribution in [3.8, 4) is 28.1 Å². The van der Waals surface area contributed by atoms with E-state index in [2.05, 4.69) is 9.72 Å². The lowest BCUT2D eigenvalue weighted by atomic mass is 10.0. The monoisotopic (exact) mass is 446 g/mol. The maximum absolute atomic E-state index is 13.0. The van der Waals surface area contributed by atoms with Crippen LogP contribution in [-0.4, -0.2) is 47.4 Å². The minimum atomic E-state index is -4.86. The number of primary amides is 1. The van der Waals surface area contributed by atoms with Crippen LogP contribution in [0, 0.1) is 0 Å². The number of para-hydroxylation sites is 1. The third-order valence-electron chi connectivity index (χ3n) is 4.57. The maximum Gasteiger partial charge on any atom is 0.573 e. The topological polar surface area (TPSA) is 90.5 Å². The van der Waals surface area contributed by atoms with E-state index in [1.807, 2.05) is 19.0 Å². The molecule has 10 heteroatoms. The molecule has 0 saturated heterocycles. The van der Waals surface area contributed by atoms with Crippen LogP contribution in [0.5, 0.6) is 5.75 Å². The molecule has 0 aliphatic carbocycles. The number of likely N-dealkylation sites (N-methyl/N-ethyl adjacent to an activating group) is 1. The zero-order valence-electron chi connectivity index (χ0n) is 17.4. The Morgan fingerprint density at radius 1 is 1.12 bits per heavy atom. The number of alkyl halides is 3. The summed E-state index contributed by atoms with van der Waals surface area (Å²) in [4.78, 5) is 30.8. The number of hydrogen-bond donors (Lipinski definition) is 1. The van der Waals surface area contributed by atoms with Crippen LogP contribution in [0.1, 0.15) is 10.5 Å². The van der Waals surface area contributed by atoms with E-state index >= 15 is 0 Å². The van der Waals surface area contributed by atoms with E-state index in [4.69, 9.17) is 5.73 Å². The summed E-state index contributed by atoms with van der Waals surface area (Å²) in [7, 11) is 3.68. The van der Waals surface area contributed by atoms with Crippen LogP contribution in [0.3, 0.4) is 0 Å². The number of aromatic nitrogens is 2. The quantitative estimate of drug-likeness (QED) is 0.602. The van der Waals surface area contributed by atoms with Crippen molar-refractivity contribution in [2.24, 2.45) is 5.73 Å². The predicted octanol–water partition coefficient (Wildman–Crippen LogP) is 3.14. The predicted molar refractivity (Wildman–Crippen MR) is 113 cm³/mol. The van der Waals surface area contributed by atoms with Crippen LogP contribution in [0.15, 0.2) is 59.5 Å². The number of carbonyl (C=O) groups is 1. The van der Waals surface area contributed by atoms with Crippen molar-refractivity contribution in [1.82, 2.24) is 14.5 Å². The van der Waals surface area contributed by atoms with Gasteiger partial charge in [0.05, 0.1) is 0 Å². The first-order chi connectivity index (χ1) is 15.0. The molecule has 0 unspecified atom stereocenters. The number of nitrogens with two attached hydrogens (primary N) is 1. The molecule has 1 heterocycles. The maximum atomic E-state index is 13.0. The SMILES string of the molecule is CN(C)CCn1cc(C(N)=O)nc(-c2cccc(-c3ccccc3OC(F)(F)F)c2)c1=O. The highest BCUT2D eigenvalue weighted by molar-refractivity contribution is 5.91. The van der Waals surface area contributed by atoms with Gasteiger partial charge in [-0.1, -0.05) is 36.4 Å². The van der Waals surface area contributed by atoms with Gasteiger partial charge in [0.15, 0.2) is 0 Å². The Labute approximate surface area is 181 Å². The molecule has 168 valence electrons. The third-order valence-corrected chi connectivity index (χ3v) is 4.57. The summed E-state index contributed by atoms with van der Waals surface area (Å²) < 4.78 is 43.9. The Morgan fingerprint density at radius 2 is 1.81 bits per heavy atom. The average molecular weight is 446 g/mol. The molecule has 1 amide bonds. The summed E-state index contributed by atoms with van der Waals surface area (Å²) >= 11 is 0. The Bertz CT molecular complexity index is 1190. The number of rotatable bonds is 7. The molecule has 32 heavy (non-hydrogen) atoms. The molecule has 0 aliphatic heterocycles. The molecule has 3 aromatic rings. The van der Waals surface area contributed by atoms with Gasteiger partial charge in [-0.05, 0) is 31.8 Å². The highest BCUT2D eigenvalue weighted by atomic mass is 19.4. The van der Waals surface area contributed by atoms with Crippen LogP contribution in [0.4, 0.5) is 13.2 Å². The fraction of sp³-hybridized carbons (Fsp3) is 0.227. The van der Waals surface area contributed by atoms with Crippen LogP contribution < -0.4 is 16.0 Å². The van der Waals surface area contributed by atoms with E-state index in [0.29, 0.717) is 24.2 Å². The number of halogens is 3. The van der Waals surface area contributed by atoms with E-state index in [1.54, 1.807) is 24.3 Å². The van der Waals surface area contributed by atoms with Crippen molar-refractivity contribution in [3.05, 3.63) is 70.8 Å². The number of hydrogen-bond acceptors (Lipinski definition) is 5. The van der Waals surface area contributed by atoms with Gasteiger partial charge in [-0.15, -0.1) is 13.2 Å². The van der Waals surface area contributed by atoms with Crippen molar-refractivity contribution in [1.29, 1.82) is 0 Å². The van der Waals surface area contributed by atoms with Crippen LogP contribution in [-0.2, 0) is 6.54 Å². The molecule has 2 aromatic carbocycles. The van der Waals surface area contributed by atoms with Crippen LogP contribution in [0.2, 0.25) is 0 Å². The number of amides is 1. The first kappa shape index (κ1) is 23.0. The molecular weight excluding hydrogens is 425 g/mol. The van der Waals surface area contributed by atoms with Gasteiger partial charge in [0.25, 0.3) is 11.5 Å². The zero-order chi connectivity index (χ0) is 23.5. The van der Waals surface area contributed by atoms with Crippen LogP contribution in [0.25, 0.3) is 22.4 Å². The summed E-state index contributed by atoms with van der Waals surface area (Å²) in [6, 6.07) is 12.0. The molecule has 0 aliphatic rings. The third kappa shape index (κ3) is 5.52. The van der Waals surface area contributed by atoms with Crippen LogP contribution >= 0.6 is 0 Å². The number of benzene rings is 2. The summed E-state index contributed by atoms with van der Waals surface area (Å²) in [5.41, 5.74) is 5.71. The molecule has 0 atom stereocenters. The Balaban J connectivity index is 2.11. The Morgan fingerprint density at radius 3 is 2.47 bits per heavy atom. The van der Waals surface area contributed by atoms with Crippen molar-refractivity contribution in [2.75, 3.05) is 20.6 Å². The van der Waals surface area contributed by atoms with E-state index in [9.17, 15) is 22.8 Å². The summed E-state index contributed by atoms with van der Waals surface area (Å²) in [6.45, 7) is 0.827. The number of ether oxygens (including phenoxy) is 1. The zero-order valence-corrected chi connectivity index (χ0v) is 17.4. The average Bonchev–Trinajstić information content (AvgIpc) is 2.72. The lowest BCUT2D eigenvalue weighted by molar-refractivity contribution is -0.274. The van der Waals surface area contributed by atoms with Gasteiger partial charge >= 0.3 is 6.36 Å². The molecule has 2 N–H and O–H groups in total. The molecule has 0 fully saturated rings. The molecule has 0 saturated carbocycles. The van der Waals surface area contributed by atoms with E-state index in [-0.39, 0.29) is 22.7 Å². The fourth-order valence-electron chi connectivity index (χ4n) is 3.07. The van der Waals surface area contributed by atoms with Gasteiger partial charge in [-0.2, -0.15) is 0 Å².